The van der Waals surface area contributed by atoms with Gasteiger partial charge in [0, 0.05) is 30.8 Å². The molecule has 0 saturated carbocycles. The molecule has 7 nitrogen and oxygen atoms in total. The number of pyridine rings is 1. The number of anilines is 1. The number of aromatic nitrogens is 1. The molecule has 4 rings (SSSR count). The van der Waals surface area contributed by atoms with E-state index in [0.29, 0.717) is 44.3 Å². The van der Waals surface area contributed by atoms with Crippen molar-refractivity contribution in [3.8, 4) is 5.75 Å². The maximum Gasteiger partial charge on any atom is 0.255 e. The molecule has 1 aromatic carbocycles. The van der Waals surface area contributed by atoms with E-state index in [4.69, 9.17) is 4.74 Å². The third-order valence-electron chi connectivity index (χ3n) is 5.88. The van der Waals surface area contributed by atoms with Crippen molar-refractivity contribution in [2.75, 3.05) is 32.1 Å². The summed E-state index contributed by atoms with van der Waals surface area (Å²) in [5, 5.41) is 13.8. The number of aryl methyl sites for hydroxylation is 1. The summed E-state index contributed by atoms with van der Waals surface area (Å²) in [4.78, 5) is 30.1. The minimum atomic E-state index is -1.23. The van der Waals surface area contributed by atoms with Gasteiger partial charge in [0.25, 0.3) is 5.95 Å². The van der Waals surface area contributed by atoms with E-state index < -0.39 is 11.5 Å². The summed E-state index contributed by atoms with van der Waals surface area (Å²) in [5.41, 5.74) is 1.41. The molecule has 0 radical (unpaired) electrons. The van der Waals surface area contributed by atoms with Crippen LogP contribution in [0.25, 0.3) is 0 Å². The number of Topliss-reactive ketones (excluding diaryl/α,β-unsaturated/α-hetero) is 1. The fraction of sp³-hybridized carbons (Fsp3) is 0.409. The van der Waals surface area contributed by atoms with Gasteiger partial charge in [0.05, 0.1) is 19.3 Å². The second-order valence-corrected chi connectivity index (χ2v) is 7.84. The van der Waals surface area contributed by atoms with Gasteiger partial charge in [-0.2, -0.15) is 4.39 Å². The third kappa shape index (κ3) is 4.06. The molecule has 158 valence electrons. The van der Waals surface area contributed by atoms with Gasteiger partial charge in [-0.15, -0.1) is 0 Å². The number of rotatable bonds is 5. The Balaban J connectivity index is 1.38. The van der Waals surface area contributed by atoms with Crippen molar-refractivity contribution in [1.29, 1.82) is 0 Å². The van der Waals surface area contributed by atoms with Crippen LogP contribution in [0.15, 0.2) is 30.3 Å². The van der Waals surface area contributed by atoms with Crippen LogP contribution in [0.2, 0.25) is 0 Å². The van der Waals surface area contributed by atoms with Crippen LogP contribution in [0.4, 0.5) is 10.1 Å². The number of benzene rings is 1. The lowest BCUT2D eigenvalue weighted by Crippen LogP contribution is -2.44. The number of hydrogen-bond acceptors (Lipinski definition) is 6. The Morgan fingerprint density at radius 3 is 2.73 bits per heavy atom. The van der Waals surface area contributed by atoms with Gasteiger partial charge in [-0.05, 0) is 55.2 Å². The number of nitrogens with one attached hydrogen (secondary N) is 1. The Morgan fingerprint density at radius 2 is 2.03 bits per heavy atom. The summed E-state index contributed by atoms with van der Waals surface area (Å²) >= 11 is 0. The first-order chi connectivity index (χ1) is 14.4. The maximum absolute atomic E-state index is 13.9. The minimum absolute atomic E-state index is 0.00578. The first-order valence-corrected chi connectivity index (χ1v) is 10.00. The smallest absolute Gasteiger partial charge is 0.255 e. The molecule has 2 aromatic rings. The van der Waals surface area contributed by atoms with Crippen molar-refractivity contribution >= 4 is 17.4 Å². The standard InChI is InChI=1S/C22H24FN3O4/c1-30-18-5-6-19(25-21(18)23)22(29)8-10-26(11-9-22)13-17(27)15-2-4-16-14(12-15)3-7-20(28)24-16/h2,4-6,12,29H,3,7-11,13H2,1H3,(H,24,28). The molecule has 2 N–H and O–H groups in total. The number of aliphatic hydroxyl groups is 1. The van der Waals surface area contributed by atoms with Crippen molar-refractivity contribution in [3.63, 3.8) is 0 Å². The van der Waals surface area contributed by atoms with Gasteiger partial charge in [-0.25, -0.2) is 4.98 Å². The quantitative estimate of drug-likeness (QED) is 0.577. The van der Waals surface area contributed by atoms with E-state index in [1.165, 1.54) is 13.2 Å². The largest absolute Gasteiger partial charge is 0.492 e. The van der Waals surface area contributed by atoms with Gasteiger partial charge >= 0.3 is 0 Å². The Bertz CT molecular complexity index is 986. The summed E-state index contributed by atoms with van der Waals surface area (Å²) in [6.45, 7) is 1.24. The van der Waals surface area contributed by atoms with E-state index in [1.54, 1.807) is 18.2 Å². The zero-order chi connectivity index (χ0) is 21.3. The lowest BCUT2D eigenvalue weighted by Gasteiger charge is -2.37. The van der Waals surface area contributed by atoms with Crippen molar-refractivity contribution in [2.45, 2.75) is 31.3 Å². The number of ether oxygens (including phenoxy) is 1. The number of ketones is 1. The second kappa shape index (κ2) is 8.12. The van der Waals surface area contributed by atoms with E-state index >= 15 is 0 Å². The Morgan fingerprint density at radius 1 is 1.27 bits per heavy atom. The molecule has 30 heavy (non-hydrogen) atoms. The molecule has 1 amide bonds. The highest BCUT2D eigenvalue weighted by atomic mass is 19.1. The van der Waals surface area contributed by atoms with E-state index in [9.17, 15) is 19.1 Å². The number of fused-ring (bicyclic) bond motifs is 1. The molecule has 0 atom stereocenters. The van der Waals surface area contributed by atoms with Gasteiger partial charge in [0.1, 0.15) is 5.60 Å². The molecule has 0 aliphatic carbocycles. The van der Waals surface area contributed by atoms with Crippen LogP contribution in [0, 0.1) is 5.95 Å². The number of carbonyl (C=O) groups excluding carboxylic acids is 2. The van der Waals surface area contributed by atoms with Crippen LogP contribution < -0.4 is 10.1 Å². The third-order valence-corrected chi connectivity index (χ3v) is 5.88. The van der Waals surface area contributed by atoms with E-state index in [-0.39, 0.29) is 29.7 Å². The van der Waals surface area contributed by atoms with Crippen LogP contribution in [0.3, 0.4) is 0 Å². The summed E-state index contributed by atoms with van der Waals surface area (Å²) in [5.74, 6) is -0.720. The molecule has 2 aliphatic rings. The van der Waals surface area contributed by atoms with Gasteiger partial charge in [-0.3, -0.25) is 14.5 Å². The zero-order valence-corrected chi connectivity index (χ0v) is 16.8. The van der Waals surface area contributed by atoms with Gasteiger partial charge in [0.2, 0.25) is 5.91 Å². The van der Waals surface area contributed by atoms with E-state index in [2.05, 4.69) is 10.3 Å². The predicted octanol–water partition coefficient (Wildman–Crippen LogP) is 2.28. The van der Waals surface area contributed by atoms with Crippen molar-refractivity contribution in [2.24, 2.45) is 0 Å². The molecule has 2 aliphatic heterocycles. The number of nitrogens with zero attached hydrogens (tertiary/aromatic N) is 2. The molecule has 0 spiro atoms. The maximum atomic E-state index is 13.9. The van der Waals surface area contributed by atoms with Crippen molar-refractivity contribution in [3.05, 3.63) is 53.1 Å². The lowest BCUT2D eigenvalue weighted by molar-refractivity contribution is -0.116. The molecule has 0 unspecified atom stereocenters. The average Bonchev–Trinajstić information content (AvgIpc) is 2.75. The zero-order valence-electron chi connectivity index (χ0n) is 16.8. The monoisotopic (exact) mass is 413 g/mol. The summed E-state index contributed by atoms with van der Waals surface area (Å²) < 4.78 is 18.8. The predicted molar refractivity (Wildman–Crippen MR) is 108 cm³/mol. The van der Waals surface area contributed by atoms with Crippen LogP contribution in [-0.2, 0) is 16.8 Å². The average molecular weight is 413 g/mol. The highest BCUT2D eigenvalue weighted by Gasteiger charge is 2.36. The summed E-state index contributed by atoms with van der Waals surface area (Å²) in [6.07, 6.45) is 1.77. The number of methoxy groups -OCH3 is 1. The molecule has 8 heteroatoms. The number of hydrogen-bond donors (Lipinski definition) is 2. The van der Waals surface area contributed by atoms with Gasteiger partial charge in [0.15, 0.2) is 11.5 Å². The molecule has 1 aromatic heterocycles. The molecule has 3 heterocycles. The topological polar surface area (TPSA) is 91.8 Å². The number of likely N-dealkylation sites (tertiary alicyclic amines) is 1. The molecule has 1 fully saturated rings. The van der Waals surface area contributed by atoms with Crippen molar-refractivity contribution in [1.82, 2.24) is 9.88 Å². The number of carbonyl (C=O) groups is 2. The van der Waals surface area contributed by atoms with Gasteiger partial charge < -0.3 is 15.2 Å². The fourth-order valence-electron chi connectivity index (χ4n) is 4.02. The Kier molecular flexibility index (Phi) is 5.53. The van der Waals surface area contributed by atoms with Crippen LogP contribution in [-0.4, -0.2) is 53.4 Å². The normalized spacial score (nSPS) is 18.4. The molecule has 1 saturated heterocycles. The highest BCUT2D eigenvalue weighted by molar-refractivity contribution is 6.00. The first kappa shape index (κ1) is 20.4. The molecular weight excluding hydrogens is 389 g/mol. The minimum Gasteiger partial charge on any atom is -0.492 e. The van der Waals surface area contributed by atoms with Crippen molar-refractivity contribution < 1.29 is 23.8 Å². The highest BCUT2D eigenvalue weighted by Crippen LogP contribution is 2.33. The summed E-state index contributed by atoms with van der Waals surface area (Å²) in [7, 11) is 1.36. The number of amides is 1. The van der Waals surface area contributed by atoms with Crippen LogP contribution in [0.1, 0.15) is 40.9 Å². The SMILES string of the molecule is COc1ccc(C2(O)CCN(CC(=O)c3ccc4c(c3)CCC(=O)N4)CC2)nc1F. The lowest BCUT2D eigenvalue weighted by atomic mass is 9.87. The van der Waals surface area contributed by atoms with Gasteiger partial charge in [-0.1, -0.05) is 0 Å². The molecule has 0 bridgehead atoms. The van der Waals surface area contributed by atoms with E-state index in [0.717, 1.165) is 11.3 Å². The van der Waals surface area contributed by atoms with E-state index in [1.807, 2.05) is 11.0 Å². The fourth-order valence-corrected chi connectivity index (χ4v) is 4.02. The number of halogens is 1. The molecular formula is C22H24FN3O4. The first-order valence-electron chi connectivity index (χ1n) is 10.00. The Labute approximate surface area is 173 Å². The summed E-state index contributed by atoms with van der Waals surface area (Å²) in [6, 6.07) is 8.40. The number of piperidine rings is 1. The Hall–Kier alpha value is -2.84. The van der Waals surface area contributed by atoms with Crippen LogP contribution >= 0.6 is 0 Å². The second-order valence-electron chi connectivity index (χ2n) is 7.84. The van der Waals surface area contributed by atoms with Crippen LogP contribution in [0.5, 0.6) is 5.75 Å².